The van der Waals surface area contributed by atoms with Crippen LogP contribution in [-0.4, -0.2) is 14.7 Å². The summed E-state index contributed by atoms with van der Waals surface area (Å²) in [5.74, 6) is 0.854. The molecule has 2 rings (SSSR count). The predicted molar refractivity (Wildman–Crippen MR) is 76.0 cm³/mol. The topological polar surface area (TPSA) is 38.0 Å². The molecule has 1 N–H and O–H groups in total. The van der Waals surface area contributed by atoms with Crippen LogP contribution in [0.15, 0.2) is 30.6 Å². The number of aromatic nitrogens is 2. The van der Waals surface area contributed by atoms with Gasteiger partial charge in [0.25, 0.3) is 0 Å². The quantitative estimate of drug-likeness (QED) is 0.853. The van der Waals surface area contributed by atoms with Gasteiger partial charge in [0.15, 0.2) is 0 Å². The number of imidazole rings is 1. The van der Waals surface area contributed by atoms with Gasteiger partial charge in [-0.25, -0.2) is 4.98 Å². The van der Waals surface area contributed by atoms with Crippen molar-refractivity contribution in [3.63, 3.8) is 0 Å². The summed E-state index contributed by atoms with van der Waals surface area (Å²) in [6, 6.07) is 5.60. The Balaban J connectivity index is 2.17. The number of aliphatic hydroxyl groups is 1. The van der Waals surface area contributed by atoms with Gasteiger partial charge in [-0.1, -0.05) is 17.7 Å². The molecule has 0 aliphatic heterocycles. The van der Waals surface area contributed by atoms with Gasteiger partial charge in [-0.15, -0.1) is 0 Å². The van der Waals surface area contributed by atoms with Crippen LogP contribution in [0.2, 0.25) is 5.02 Å². The van der Waals surface area contributed by atoms with E-state index >= 15 is 0 Å². The van der Waals surface area contributed by atoms with E-state index < -0.39 is 6.10 Å². The Bertz CT molecular complexity index is 527. The van der Waals surface area contributed by atoms with Crippen LogP contribution in [0.3, 0.4) is 0 Å². The van der Waals surface area contributed by atoms with Crippen molar-refractivity contribution in [2.24, 2.45) is 7.05 Å². The summed E-state index contributed by atoms with van der Waals surface area (Å²) in [4.78, 5) is 4.19. The second-order valence-electron chi connectivity index (χ2n) is 3.85. The van der Waals surface area contributed by atoms with Crippen molar-refractivity contribution in [2.75, 3.05) is 0 Å². The van der Waals surface area contributed by atoms with Gasteiger partial charge in [-0.2, -0.15) is 0 Å². The predicted octanol–water partition coefficient (Wildman–Crippen LogP) is 2.95. The van der Waals surface area contributed by atoms with Gasteiger partial charge < -0.3 is 9.67 Å². The molecule has 1 aromatic carbocycles. The highest BCUT2D eigenvalue weighted by Crippen LogP contribution is 2.24. The van der Waals surface area contributed by atoms with Crippen molar-refractivity contribution in [1.29, 1.82) is 0 Å². The highest BCUT2D eigenvalue weighted by atomic mass is 127. The van der Waals surface area contributed by atoms with E-state index in [1.54, 1.807) is 12.3 Å². The number of aryl methyl sites for hydroxylation is 1. The maximum Gasteiger partial charge on any atom is 0.111 e. The lowest BCUT2D eigenvalue weighted by Crippen LogP contribution is -2.06. The first-order valence-corrected chi connectivity index (χ1v) is 6.63. The van der Waals surface area contributed by atoms with E-state index in [2.05, 4.69) is 27.6 Å². The van der Waals surface area contributed by atoms with Crippen molar-refractivity contribution in [3.8, 4) is 0 Å². The zero-order chi connectivity index (χ0) is 12.4. The fourth-order valence-corrected chi connectivity index (χ4v) is 2.13. The maximum atomic E-state index is 10.1. The van der Waals surface area contributed by atoms with E-state index in [4.69, 9.17) is 11.6 Å². The minimum Gasteiger partial charge on any atom is -0.388 e. The molecule has 90 valence electrons. The van der Waals surface area contributed by atoms with Crippen molar-refractivity contribution in [2.45, 2.75) is 12.5 Å². The van der Waals surface area contributed by atoms with Gasteiger partial charge in [0, 0.05) is 29.4 Å². The average molecular weight is 363 g/mol. The Morgan fingerprint density at radius 2 is 2.29 bits per heavy atom. The third kappa shape index (κ3) is 3.00. The summed E-state index contributed by atoms with van der Waals surface area (Å²) in [5.41, 5.74) is 0.818. The van der Waals surface area contributed by atoms with Gasteiger partial charge in [-0.05, 0) is 40.3 Å². The lowest BCUT2D eigenvalue weighted by Gasteiger charge is -2.11. The average Bonchev–Trinajstić information content (AvgIpc) is 2.68. The zero-order valence-corrected chi connectivity index (χ0v) is 12.2. The largest absolute Gasteiger partial charge is 0.388 e. The zero-order valence-electron chi connectivity index (χ0n) is 9.27. The fourth-order valence-electron chi connectivity index (χ4n) is 1.60. The number of aliphatic hydroxyl groups excluding tert-OH is 1. The smallest absolute Gasteiger partial charge is 0.111 e. The molecular formula is C12H12ClIN2O. The molecular weight excluding hydrogens is 351 g/mol. The van der Waals surface area contributed by atoms with Crippen LogP contribution in [0.25, 0.3) is 0 Å². The lowest BCUT2D eigenvalue weighted by atomic mass is 10.1. The number of halogens is 2. The summed E-state index contributed by atoms with van der Waals surface area (Å²) in [5, 5.41) is 10.8. The second kappa shape index (κ2) is 5.37. The summed E-state index contributed by atoms with van der Waals surface area (Å²) < 4.78 is 2.88. The fraction of sp³-hybridized carbons (Fsp3) is 0.250. The highest BCUT2D eigenvalue weighted by Gasteiger charge is 2.12. The molecule has 0 radical (unpaired) electrons. The molecule has 0 aliphatic rings. The van der Waals surface area contributed by atoms with Crippen molar-refractivity contribution >= 4 is 34.2 Å². The highest BCUT2D eigenvalue weighted by molar-refractivity contribution is 14.1. The molecule has 1 heterocycles. The first-order valence-electron chi connectivity index (χ1n) is 5.17. The summed E-state index contributed by atoms with van der Waals surface area (Å²) in [6.45, 7) is 0. The lowest BCUT2D eigenvalue weighted by molar-refractivity contribution is 0.175. The van der Waals surface area contributed by atoms with Crippen molar-refractivity contribution in [1.82, 2.24) is 9.55 Å². The second-order valence-corrected chi connectivity index (χ2v) is 5.42. The summed E-state index contributed by atoms with van der Waals surface area (Å²) in [7, 11) is 1.91. The van der Waals surface area contributed by atoms with Gasteiger partial charge in [0.05, 0.1) is 11.1 Å². The first-order chi connectivity index (χ1) is 8.08. The van der Waals surface area contributed by atoms with Crippen molar-refractivity contribution < 1.29 is 5.11 Å². The molecule has 1 unspecified atom stereocenters. The number of rotatable bonds is 3. The van der Waals surface area contributed by atoms with Crippen LogP contribution in [0.5, 0.6) is 0 Å². The monoisotopic (exact) mass is 362 g/mol. The third-order valence-corrected chi connectivity index (χ3v) is 4.20. The van der Waals surface area contributed by atoms with E-state index in [0.29, 0.717) is 11.4 Å². The molecule has 1 atom stereocenters. The van der Waals surface area contributed by atoms with E-state index in [1.807, 2.05) is 29.9 Å². The molecule has 1 aromatic heterocycles. The van der Waals surface area contributed by atoms with Gasteiger partial charge in [-0.3, -0.25) is 0 Å². The first kappa shape index (κ1) is 12.9. The molecule has 2 aromatic rings. The van der Waals surface area contributed by atoms with Crippen LogP contribution in [0.4, 0.5) is 0 Å². The number of nitrogens with zero attached hydrogens (tertiary/aromatic N) is 2. The SMILES string of the molecule is Cn1ccnc1CC(O)c1ccc(I)c(Cl)c1. The van der Waals surface area contributed by atoms with Crippen LogP contribution < -0.4 is 0 Å². The van der Waals surface area contributed by atoms with E-state index in [9.17, 15) is 5.11 Å². The van der Waals surface area contributed by atoms with E-state index in [-0.39, 0.29) is 0 Å². The Morgan fingerprint density at radius 3 is 2.88 bits per heavy atom. The standard InChI is InChI=1S/C12H12ClIN2O/c1-16-5-4-15-12(16)7-11(17)8-2-3-10(14)9(13)6-8/h2-6,11,17H,7H2,1H3. The van der Waals surface area contributed by atoms with Gasteiger partial charge in [0.2, 0.25) is 0 Å². The minimum atomic E-state index is -0.578. The molecule has 0 fully saturated rings. The molecule has 5 heteroatoms. The van der Waals surface area contributed by atoms with Crippen molar-refractivity contribution in [3.05, 3.63) is 50.6 Å². The third-order valence-electron chi connectivity index (χ3n) is 2.63. The normalized spacial score (nSPS) is 12.7. The molecule has 0 amide bonds. The van der Waals surface area contributed by atoms with Crippen LogP contribution in [-0.2, 0) is 13.5 Å². The Labute approximate surface area is 119 Å². The number of benzene rings is 1. The number of hydrogen-bond acceptors (Lipinski definition) is 2. The molecule has 0 spiro atoms. The van der Waals surface area contributed by atoms with E-state index in [0.717, 1.165) is 15.0 Å². The Morgan fingerprint density at radius 1 is 1.53 bits per heavy atom. The van der Waals surface area contributed by atoms with Gasteiger partial charge >= 0.3 is 0 Å². The van der Waals surface area contributed by atoms with Crippen LogP contribution in [0.1, 0.15) is 17.5 Å². The molecule has 3 nitrogen and oxygen atoms in total. The maximum absolute atomic E-state index is 10.1. The van der Waals surface area contributed by atoms with Crippen LogP contribution >= 0.6 is 34.2 Å². The minimum absolute atomic E-state index is 0.487. The molecule has 0 saturated heterocycles. The molecule has 17 heavy (non-hydrogen) atoms. The summed E-state index contributed by atoms with van der Waals surface area (Å²) in [6.07, 6.45) is 3.50. The molecule has 0 bridgehead atoms. The Kier molecular flexibility index (Phi) is 4.06. The van der Waals surface area contributed by atoms with Crippen LogP contribution in [0, 0.1) is 3.57 Å². The summed E-state index contributed by atoms with van der Waals surface area (Å²) >= 11 is 8.19. The van der Waals surface area contributed by atoms with E-state index in [1.165, 1.54) is 0 Å². The number of hydrogen-bond donors (Lipinski definition) is 1. The Hall–Kier alpha value is -0.590. The molecule has 0 aliphatic carbocycles. The van der Waals surface area contributed by atoms with Gasteiger partial charge in [0.1, 0.15) is 5.82 Å². The molecule has 0 saturated carbocycles.